The van der Waals surface area contributed by atoms with E-state index in [-0.39, 0.29) is 11.3 Å². The number of piperidine rings is 1. The van der Waals surface area contributed by atoms with Gasteiger partial charge in [-0.3, -0.25) is 4.79 Å². The zero-order chi connectivity index (χ0) is 13.7. The van der Waals surface area contributed by atoms with Crippen LogP contribution in [0.25, 0.3) is 0 Å². The van der Waals surface area contributed by atoms with Crippen molar-refractivity contribution in [1.82, 2.24) is 10.6 Å². The van der Waals surface area contributed by atoms with E-state index in [4.69, 9.17) is 4.74 Å². The Hall–Kier alpha value is -1.62. The molecular formula is C14H19FN2O2. The summed E-state index contributed by atoms with van der Waals surface area (Å²) in [4.78, 5) is 12.0. The number of methoxy groups -OCH3 is 1. The average Bonchev–Trinajstić information content (AvgIpc) is 2.45. The van der Waals surface area contributed by atoms with Crippen molar-refractivity contribution < 1.29 is 13.9 Å². The number of carbonyl (C=O) groups is 1. The average molecular weight is 266 g/mol. The maximum absolute atomic E-state index is 13.7. The van der Waals surface area contributed by atoms with Gasteiger partial charge in [-0.25, -0.2) is 4.39 Å². The summed E-state index contributed by atoms with van der Waals surface area (Å²) in [6.07, 6.45) is 2.20. The van der Waals surface area contributed by atoms with Gasteiger partial charge >= 0.3 is 0 Å². The van der Waals surface area contributed by atoms with Gasteiger partial charge in [0, 0.05) is 6.54 Å². The smallest absolute Gasteiger partial charge is 0.258 e. The van der Waals surface area contributed by atoms with Gasteiger partial charge in [-0.15, -0.1) is 0 Å². The highest BCUT2D eigenvalue weighted by molar-refractivity contribution is 5.97. The summed E-state index contributed by atoms with van der Waals surface area (Å²) in [6.45, 7) is 2.49. The van der Waals surface area contributed by atoms with E-state index in [2.05, 4.69) is 10.6 Å². The van der Waals surface area contributed by atoms with Crippen LogP contribution in [0.1, 0.15) is 23.2 Å². The number of carbonyl (C=O) groups excluding carboxylic acids is 1. The molecule has 1 heterocycles. The van der Waals surface area contributed by atoms with E-state index < -0.39 is 11.7 Å². The molecule has 5 heteroatoms. The van der Waals surface area contributed by atoms with Crippen LogP contribution in [0.4, 0.5) is 4.39 Å². The third kappa shape index (κ3) is 3.44. The minimum absolute atomic E-state index is 0.0197. The molecule has 0 aliphatic carbocycles. The Labute approximate surface area is 112 Å². The molecule has 0 aromatic heterocycles. The van der Waals surface area contributed by atoms with E-state index in [1.807, 2.05) is 0 Å². The maximum Gasteiger partial charge on any atom is 0.258 e. The highest BCUT2D eigenvalue weighted by Crippen LogP contribution is 2.21. The van der Waals surface area contributed by atoms with E-state index >= 15 is 0 Å². The first kappa shape index (κ1) is 13.8. The molecule has 1 fully saturated rings. The fourth-order valence-corrected chi connectivity index (χ4v) is 2.32. The zero-order valence-corrected chi connectivity index (χ0v) is 11.0. The van der Waals surface area contributed by atoms with E-state index in [9.17, 15) is 9.18 Å². The quantitative estimate of drug-likeness (QED) is 0.869. The minimum Gasteiger partial charge on any atom is -0.496 e. The molecule has 1 aliphatic heterocycles. The van der Waals surface area contributed by atoms with Crippen LogP contribution in [0.3, 0.4) is 0 Å². The van der Waals surface area contributed by atoms with E-state index in [0.717, 1.165) is 25.9 Å². The number of hydrogen-bond acceptors (Lipinski definition) is 3. The molecule has 4 nitrogen and oxygen atoms in total. The van der Waals surface area contributed by atoms with Crippen molar-refractivity contribution in [3.63, 3.8) is 0 Å². The molecule has 1 amide bonds. The van der Waals surface area contributed by atoms with Crippen LogP contribution in [-0.2, 0) is 0 Å². The third-order valence-corrected chi connectivity index (χ3v) is 3.37. The number of ether oxygens (including phenoxy) is 1. The van der Waals surface area contributed by atoms with Gasteiger partial charge in [0.25, 0.3) is 5.91 Å². The molecule has 104 valence electrons. The standard InChI is InChI=1S/C14H19FN2O2/c1-19-12-6-2-5-11(15)13(12)14(18)17-9-10-4-3-7-16-8-10/h2,5-6,10,16H,3-4,7-9H2,1H3,(H,17,18). The number of nitrogens with one attached hydrogen (secondary N) is 2. The van der Waals surface area contributed by atoms with Crippen molar-refractivity contribution in [2.45, 2.75) is 12.8 Å². The summed E-state index contributed by atoms with van der Waals surface area (Å²) >= 11 is 0. The highest BCUT2D eigenvalue weighted by atomic mass is 19.1. The van der Waals surface area contributed by atoms with Gasteiger partial charge in [0.2, 0.25) is 0 Å². The molecule has 0 spiro atoms. The molecule has 1 aliphatic rings. The van der Waals surface area contributed by atoms with Gasteiger partial charge in [0.1, 0.15) is 17.1 Å². The van der Waals surface area contributed by atoms with Crippen LogP contribution in [0.5, 0.6) is 5.75 Å². The molecule has 2 N–H and O–H groups in total. The van der Waals surface area contributed by atoms with Crippen LogP contribution in [0.2, 0.25) is 0 Å². The summed E-state index contributed by atoms with van der Waals surface area (Å²) < 4.78 is 18.7. The fraction of sp³-hybridized carbons (Fsp3) is 0.500. The fourth-order valence-electron chi connectivity index (χ4n) is 2.32. The van der Waals surface area contributed by atoms with Crippen LogP contribution >= 0.6 is 0 Å². The van der Waals surface area contributed by atoms with Gasteiger partial charge in [0.05, 0.1) is 7.11 Å². The van der Waals surface area contributed by atoms with E-state index in [0.29, 0.717) is 12.5 Å². The summed E-state index contributed by atoms with van der Waals surface area (Å²) in [6, 6.07) is 4.37. The van der Waals surface area contributed by atoms with Crippen LogP contribution in [0, 0.1) is 11.7 Å². The lowest BCUT2D eigenvalue weighted by atomic mass is 9.99. The van der Waals surface area contributed by atoms with Gasteiger partial charge in [-0.1, -0.05) is 6.07 Å². The topological polar surface area (TPSA) is 50.4 Å². The minimum atomic E-state index is -0.557. The molecule has 1 saturated heterocycles. The van der Waals surface area contributed by atoms with Crippen molar-refractivity contribution in [2.75, 3.05) is 26.7 Å². The Kier molecular flexibility index (Phi) is 4.74. The third-order valence-electron chi connectivity index (χ3n) is 3.37. The van der Waals surface area contributed by atoms with Crippen LogP contribution < -0.4 is 15.4 Å². The predicted octanol–water partition coefficient (Wildman–Crippen LogP) is 1.56. The van der Waals surface area contributed by atoms with Gasteiger partial charge in [-0.05, 0) is 44.0 Å². The second kappa shape index (κ2) is 6.52. The molecule has 0 bridgehead atoms. The Morgan fingerprint density at radius 1 is 1.58 bits per heavy atom. The summed E-state index contributed by atoms with van der Waals surface area (Å²) in [7, 11) is 1.43. The maximum atomic E-state index is 13.7. The first-order chi connectivity index (χ1) is 9.22. The number of amides is 1. The first-order valence-corrected chi connectivity index (χ1v) is 6.53. The van der Waals surface area contributed by atoms with Crippen molar-refractivity contribution in [3.05, 3.63) is 29.6 Å². The van der Waals surface area contributed by atoms with Crippen LogP contribution in [0.15, 0.2) is 18.2 Å². The van der Waals surface area contributed by atoms with Crippen LogP contribution in [-0.4, -0.2) is 32.7 Å². The predicted molar refractivity (Wildman–Crippen MR) is 70.9 cm³/mol. The van der Waals surface area contributed by atoms with Gasteiger partial charge < -0.3 is 15.4 Å². The monoisotopic (exact) mass is 266 g/mol. The van der Waals surface area contributed by atoms with Crippen molar-refractivity contribution in [2.24, 2.45) is 5.92 Å². The van der Waals surface area contributed by atoms with E-state index in [1.54, 1.807) is 6.07 Å². The first-order valence-electron chi connectivity index (χ1n) is 6.53. The Morgan fingerprint density at radius 2 is 2.42 bits per heavy atom. The lowest BCUT2D eigenvalue weighted by molar-refractivity contribution is 0.0937. The summed E-state index contributed by atoms with van der Waals surface area (Å²) in [5.74, 6) is -0.297. The molecule has 2 rings (SSSR count). The van der Waals surface area contributed by atoms with Crippen molar-refractivity contribution in [3.8, 4) is 5.75 Å². The summed E-state index contributed by atoms with van der Waals surface area (Å²) in [5.41, 5.74) is -0.0197. The lowest BCUT2D eigenvalue weighted by Crippen LogP contribution is -2.38. The van der Waals surface area contributed by atoms with Crippen molar-refractivity contribution in [1.29, 1.82) is 0 Å². The molecule has 1 unspecified atom stereocenters. The molecular weight excluding hydrogens is 247 g/mol. The Balaban J connectivity index is 1.99. The number of rotatable bonds is 4. The van der Waals surface area contributed by atoms with Crippen molar-refractivity contribution >= 4 is 5.91 Å². The Morgan fingerprint density at radius 3 is 3.11 bits per heavy atom. The lowest BCUT2D eigenvalue weighted by Gasteiger charge is -2.23. The molecule has 0 saturated carbocycles. The number of benzene rings is 1. The molecule has 19 heavy (non-hydrogen) atoms. The second-order valence-electron chi connectivity index (χ2n) is 4.74. The Bertz CT molecular complexity index is 445. The zero-order valence-electron chi connectivity index (χ0n) is 11.0. The highest BCUT2D eigenvalue weighted by Gasteiger charge is 2.19. The van der Waals surface area contributed by atoms with Gasteiger partial charge in [0.15, 0.2) is 0 Å². The SMILES string of the molecule is COc1cccc(F)c1C(=O)NCC1CCCNC1. The van der Waals surface area contributed by atoms with E-state index in [1.165, 1.54) is 19.2 Å². The van der Waals surface area contributed by atoms with Gasteiger partial charge in [-0.2, -0.15) is 0 Å². The molecule has 0 radical (unpaired) electrons. The normalized spacial score (nSPS) is 18.9. The molecule has 1 aromatic rings. The molecule has 1 aromatic carbocycles. The number of halogens is 1. The summed E-state index contributed by atoms with van der Waals surface area (Å²) in [5, 5.41) is 6.07. The largest absolute Gasteiger partial charge is 0.496 e. The number of hydrogen-bond donors (Lipinski definition) is 2. The second-order valence-corrected chi connectivity index (χ2v) is 4.74. The molecule has 1 atom stereocenters.